The van der Waals surface area contributed by atoms with Crippen LogP contribution < -0.4 is 9.80 Å². The highest BCUT2D eigenvalue weighted by Crippen LogP contribution is 2.18. The zero-order valence-electron chi connectivity index (χ0n) is 10.7. The van der Waals surface area contributed by atoms with Crippen molar-refractivity contribution in [2.75, 3.05) is 29.4 Å². The van der Waals surface area contributed by atoms with Crippen LogP contribution in [0.25, 0.3) is 0 Å². The predicted molar refractivity (Wildman–Crippen MR) is 72.0 cm³/mol. The van der Waals surface area contributed by atoms with Crippen LogP contribution in [0.3, 0.4) is 0 Å². The number of nitrogens with zero attached hydrogens (tertiary/aromatic N) is 5. The molecule has 0 saturated carbocycles. The normalized spacial score (nSPS) is 15.9. The molecule has 3 heterocycles. The average Bonchev–Trinajstić information content (AvgIpc) is 2.86. The second-order valence-corrected chi connectivity index (χ2v) is 4.53. The summed E-state index contributed by atoms with van der Waals surface area (Å²) in [5, 5.41) is 4.10. The fourth-order valence-electron chi connectivity index (χ4n) is 2.23. The van der Waals surface area contributed by atoms with Gasteiger partial charge in [-0.2, -0.15) is 5.10 Å². The summed E-state index contributed by atoms with van der Waals surface area (Å²) in [5.74, 6) is 0.923. The van der Waals surface area contributed by atoms with Crippen LogP contribution in [0.5, 0.6) is 0 Å². The average molecular weight is 257 g/mol. The minimum Gasteiger partial charge on any atom is -0.345 e. The van der Waals surface area contributed by atoms with E-state index in [9.17, 15) is 4.79 Å². The monoisotopic (exact) mass is 257 g/mol. The van der Waals surface area contributed by atoms with Gasteiger partial charge in [-0.3, -0.25) is 9.48 Å². The van der Waals surface area contributed by atoms with Gasteiger partial charge in [0.05, 0.1) is 18.4 Å². The number of piperazine rings is 1. The van der Waals surface area contributed by atoms with Crippen molar-refractivity contribution in [1.29, 1.82) is 0 Å². The third kappa shape index (κ3) is 2.29. The third-order valence-corrected chi connectivity index (χ3v) is 3.20. The van der Waals surface area contributed by atoms with Crippen molar-refractivity contribution < 1.29 is 4.79 Å². The van der Waals surface area contributed by atoms with Gasteiger partial charge in [-0.05, 0) is 12.1 Å². The fourth-order valence-corrected chi connectivity index (χ4v) is 2.23. The van der Waals surface area contributed by atoms with E-state index >= 15 is 0 Å². The molecule has 98 valence electrons. The maximum Gasteiger partial charge on any atom is 0.246 e. The molecule has 1 aliphatic rings. The number of hydrogen-bond acceptors (Lipinski definition) is 4. The van der Waals surface area contributed by atoms with Crippen LogP contribution >= 0.6 is 0 Å². The van der Waals surface area contributed by atoms with Crippen LogP contribution in [-0.2, 0) is 11.8 Å². The Bertz CT molecular complexity index is 580. The number of aromatic nitrogens is 3. The highest BCUT2D eigenvalue weighted by Gasteiger charge is 2.26. The molecule has 1 aliphatic heterocycles. The first-order valence-electron chi connectivity index (χ1n) is 6.19. The molecule has 1 amide bonds. The molecular formula is C13H15N5O. The van der Waals surface area contributed by atoms with E-state index in [1.807, 2.05) is 36.3 Å². The van der Waals surface area contributed by atoms with Gasteiger partial charge < -0.3 is 9.80 Å². The molecule has 6 nitrogen and oxygen atoms in total. The topological polar surface area (TPSA) is 54.3 Å². The Morgan fingerprint density at radius 3 is 2.79 bits per heavy atom. The van der Waals surface area contributed by atoms with E-state index in [0.717, 1.165) is 18.1 Å². The SMILES string of the molecule is Cn1cc(N2CCN(c3ccccn3)CC2=O)cn1. The van der Waals surface area contributed by atoms with Gasteiger partial charge in [0.1, 0.15) is 5.82 Å². The van der Waals surface area contributed by atoms with Crippen LogP contribution in [0.15, 0.2) is 36.8 Å². The highest BCUT2D eigenvalue weighted by atomic mass is 16.2. The van der Waals surface area contributed by atoms with E-state index in [1.54, 1.807) is 22.0 Å². The summed E-state index contributed by atoms with van der Waals surface area (Å²) in [6.45, 7) is 1.78. The Labute approximate surface area is 111 Å². The van der Waals surface area contributed by atoms with E-state index in [2.05, 4.69) is 10.1 Å². The Balaban J connectivity index is 1.74. The van der Waals surface area contributed by atoms with Crippen molar-refractivity contribution in [3.63, 3.8) is 0 Å². The Kier molecular flexibility index (Phi) is 2.91. The number of amides is 1. The summed E-state index contributed by atoms with van der Waals surface area (Å²) in [6, 6.07) is 5.73. The van der Waals surface area contributed by atoms with Crippen molar-refractivity contribution in [3.8, 4) is 0 Å². The van der Waals surface area contributed by atoms with Gasteiger partial charge in [0.2, 0.25) is 5.91 Å². The second kappa shape index (κ2) is 4.72. The minimum atomic E-state index is 0.0740. The molecule has 0 aliphatic carbocycles. The molecule has 0 atom stereocenters. The summed E-state index contributed by atoms with van der Waals surface area (Å²) >= 11 is 0. The van der Waals surface area contributed by atoms with Crippen molar-refractivity contribution in [2.24, 2.45) is 7.05 Å². The summed E-state index contributed by atoms with van der Waals surface area (Å²) in [4.78, 5) is 20.3. The summed E-state index contributed by atoms with van der Waals surface area (Å²) < 4.78 is 1.70. The van der Waals surface area contributed by atoms with E-state index in [4.69, 9.17) is 0 Å². The van der Waals surface area contributed by atoms with Gasteiger partial charge in [0.25, 0.3) is 0 Å². The predicted octanol–water partition coefficient (Wildman–Crippen LogP) is 0.668. The quantitative estimate of drug-likeness (QED) is 0.793. The lowest BCUT2D eigenvalue weighted by Gasteiger charge is -2.34. The van der Waals surface area contributed by atoms with Crippen LogP contribution in [0.2, 0.25) is 0 Å². The van der Waals surface area contributed by atoms with Gasteiger partial charge in [-0.25, -0.2) is 4.98 Å². The van der Waals surface area contributed by atoms with E-state index in [-0.39, 0.29) is 5.91 Å². The van der Waals surface area contributed by atoms with E-state index in [0.29, 0.717) is 13.1 Å². The van der Waals surface area contributed by atoms with Crippen LogP contribution in [0.1, 0.15) is 0 Å². The fraction of sp³-hybridized carbons (Fsp3) is 0.308. The molecule has 0 bridgehead atoms. The van der Waals surface area contributed by atoms with E-state index < -0.39 is 0 Å². The Morgan fingerprint density at radius 2 is 2.16 bits per heavy atom. The molecule has 1 saturated heterocycles. The standard InChI is InChI=1S/C13H15N5O/c1-16-9-11(8-15-16)18-7-6-17(10-13(18)19)12-4-2-3-5-14-12/h2-5,8-9H,6-7,10H2,1H3. The van der Waals surface area contributed by atoms with Crippen LogP contribution in [0.4, 0.5) is 11.5 Å². The van der Waals surface area contributed by atoms with E-state index in [1.165, 1.54) is 0 Å². The first kappa shape index (κ1) is 11.7. The molecule has 1 fully saturated rings. The van der Waals surface area contributed by atoms with Gasteiger partial charge in [-0.15, -0.1) is 0 Å². The summed E-state index contributed by atoms with van der Waals surface area (Å²) in [6.07, 6.45) is 5.32. The van der Waals surface area contributed by atoms with Crippen LogP contribution in [0, 0.1) is 0 Å². The number of aryl methyl sites for hydroxylation is 1. The number of hydrogen-bond donors (Lipinski definition) is 0. The van der Waals surface area contributed by atoms with Gasteiger partial charge in [-0.1, -0.05) is 6.07 Å². The number of pyridine rings is 1. The maximum atomic E-state index is 12.2. The highest BCUT2D eigenvalue weighted by molar-refractivity contribution is 5.97. The van der Waals surface area contributed by atoms with Gasteiger partial charge in [0, 0.05) is 32.5 Å². The van der Waals surface area contributed by atoms with Crippen molar-refractivity contribution in [1.82, 2.24) is 14.8 Å². The lowest BCUT2D eigenvalue weighted by Crippen LogP contribution is -2.50. The first-order chi connectivity index (χ1) is 9.24. The Hall–Kier alpha value is -2.37. The molecular weight excluding hydrogens is 242 g/mol. The maximum absolute atomic E-state index is 12.2. The molecule has 0 spiro atoms. The van der Waals surface area contributed by atoms with Crippen molar-refractivity contribution >= 4 is 17.4 Å². The molecule has 2 aromatic heterocycles. The van der Waals surface area contributed by atoms with Gasteiger partial charge >= 0.3 is 0 Å². The molecule has 0 unspecified atom stereocenters. The Morgan fingerprint density at radius 1 is 1.26 bits per heavy atom. The molecule has 6 heteroatoms. The lowest BCUT2D eigenvalue weighted by molar-refractivity contribution is -0.117. The number of carbonyl (C=O) groups excluding carboxylic acids is 1. The molecule has 0 aromatic carbocycles. The smallest absolute Gasteiger partial charge is 0.246 e. The molecule has 0 radical (unpaired) electrons. The molecule has 19 heavy (non-hydrogen) atoms. The summed E-state index contributed by atoms with van der Waals surface area (Å²) in [7, 11) is 1.85. The zero-order valence-corrected chi connectivity index (χ0v) is 10.7. The number of anilines is 2. The summed E-state index contributed by atoms with van der Waals surface area (Å²) in [5.41, 5.74) is 0.855. The zero-order chi connectivity index (χ0) is 13.2. The minimum absolute atomic E-state index is 0.0740. The van der Waals surface area contributed by atoms with Crippen molar-refractivity contribution in [2.45, 2.75) is 0 Å². The third-order valence-electron chi connectivity index (χ3n) is 3.20. The number of rotatable bonds is 2. The second-order valence-electron chi connectivity index (χ2n) is 4.53. The first-order valence-corrected chi connectivity index (χ1v) is 6.19. The largest absolute Gasteiger partial charge is 0.345 e. The molecule has 3 rings (SSSR count). The molecule has 0 N–H and O–H groups in total. The lowest BCUT2D eigenvalue weighted by atomic mass is 10.2. The van der Waals surface area contributed by atoms with Gasteiger partial charge in [0.15, 0.2) is 0 Å². The molecule has 2 aromatic rings. The van der Waals surface area contributed by atoms with Crippen molar-refractivity contribution in [3.05, 3.63) is 36.8 Å². The number of carbonyl (C=O) groups is 1. The van der Waals surface area contributed by atoms with Crippen LogP contribution in [-0.4, -0.2) is 40.3 Å².